The van der Waals surface area contributed by atoms with Gasteiger partial charge in [-0.3, -0.25) is 9.59 Å². The van der Waals surface area contributed by atoms with E-state index in [1.165, 1.54) is 32.4 Å². The van der Waals surface area contributed by atoms with Gasteiger partial charge in [-0.15, -0.1) is 0 Å². The number of nitrogens with zero attached hydrogens (tertiary/aromatic N) is 3. The zero-order valence-electron chi connectivity index (χ0n) is 11.3. The van der Waals surface area contributed by atoms with E-state index in [0.717, 1.165) is 4.90 Å². The average molecular weight is 368 g/mol. The first-order chi connectivity index (χ1) is 9.61. The van der Waals surface area contributed by atoms with E-state index in [9.17, 15) is 22.8 Å². The first-order valence-electron chi connectivity index (χ1n) is 5.78. The molecule has 0 N–H and O–H groups in total. The lowest BCUT2D eigenvalue weighted by Crippen LogP contribution is -2.45. The minimum Gasteiger partial charge on any atom is -0.347 e. The summed E-state index contributed by atoms with van der Waals surface area (Å²) in [5, 5.41) is 0. The van der Waals surface area contributed by atoms with Gasteiger partial charge >= 0.3 is 6.18 Å². The van der Waals surface area contributed by atoms with Crippen LogP contribution in [0.5, 0.6) is 0 Å². The highest BCUT2D eigenvalue weighted by Crippen LogP contribution is 2.20. The Morgan fingerprint density at radius 3 is 2.43 bits per heavy atom. The van der Waals surface area contributed by atoms with Crippen LogP contribution < -0.4 is 0 Å². The summed E-state index contributed by atoms with van der Waals surface area (Å²) in [4.78, 5) is 29.0. The molecule has 0 saturated carbocycles. The Morgan fingerprint density at radius 2 is 1.95 bits per heavy atom. The van der Waals surface area contributed by atoms with Crippen LogP contribution in [0, 0.1) is 0 Å². The molecule has 0 aromatic carbocycles. The number of hydrogen-bond donors (Lipinski definition) is 0. The third-order valence-electron chi connectivity index (χ3n) is 2.44. The van der Waals surface area contributed by atoms with Crippen molar-refractivity contribution in [2.75, 3.05) is 27.2 Å². The lowest BCUT2D eigenvalue weighted by molar-refractivity contribution is -0.146. The monoisotopic (exact) mass is 367 g/mol. The van der Waals surface area contributed by atoms with Crippen LogP contribution in [-0.4, -0.2) is 60.0 Å². The number of pyridine rings is 1. The molecule has 1 aromatic rings. The summed E-state index contributed by atoms with van der Waals surface area (Å²) in [7, 11) is 2.80. The number of carbonyl (C=O) groups is 2. The first-order valence-corrected chi connectivity index (χ1v) is 6.58. The second kappa shape index (κ2) is 6.88. The summed E-state index contributed by atoms with van der Waals surface area (Å²) in [6.45, 7) is -2.19. The minimum absolute atomic E-state index is 0.173. The zero-order chi connectivity index (χ0) is 16.2. The summed E-state index contributed by atoms with van der Waals surface area (Å²) in [5.41, 5.74) is -0.173. The van der Waals surface area contributed by atoms with E-state index in [0.29, 0.717) is 4.90 Å². The van der Waals surface area contributed by atoms with Crippen molar-refractivity contribution in [2.24, 2.45) is 0 Å². The van der Waals surface area contributed by atoms with Gasteiger partial charge in [0.25, 0.3) is 5.91 Å². The Kier molecular flexibility index (Phi) is 5.70. The summed E-state index contributed by atoms with van der Waals surface area (Å²) < 4.78 is 38.0. The standard InChI is InChI=1S/C12H13BrF3N3O2/c1-18(2)9(20)6-19(7-12(14,15)16)11(21)10-8(13)4-3-5-17-10/h3-5H,6-7H2,1-2H3. The molecule has 1 heterocycles. The van der Waals surface area contributed by atoms with E-state index in [2.05, 4.69) is 20.9 Å². The summed E-state index contributed by atoms with van der Waals surface area (Å²) >= 11 is 3.05. The number of rotatable bonds is 4. The summed E-state index contributed by atoms with van der Waals surface area (Å²) in [6.07, 6.45) is -3.32. The van der Waals surface area contributed by atoms with Crippen molar-refractivity contribution in [3.63, 3.8) is 0 Å². The number of hydrogen-bond acceptors (Lipinski definition) is 3. The van der Waals surface area contributed by atoms with Gasteiger partial charge in [0, 0.05) is 24.8 Å². The lowest BCUT2D eigenvalue weighted by atomic mass is 10.3. The predicted molar refractivity (Wildman–Crippen MR) is 72.6 cm³/mol. The SMILES string of the molecule is CN(C)C(=O)CN(CC(F)(F)F)C(=O)c1ncccc1Br. The molecule has 0 unspecified atom stereocenters. The van der Waals surface area contributed by atoms with E-state index in [1.807, 2.05) is 0 Å². The topological polar surface area (TPSA) is 53.5 Å². The van der Waals surface area contributed by atoms with Crippen molar-refractivity contribution in [3.8, 4) is 0 Å². The number of carbonyl (C=O) groups excluding carboxylic acids is 2. The van der Waals surface area contributed by atoms with Crippen LogP contribution in [-0.2, 0) is 4.79 Å². The molecule has 0 saturated heterocycles. The third-order valence-corrected chi connectivity index (χ3v) is 3.08. The molecule has 0 spiro atoms. The van der Waals surface area contributed by atoms with Crippen LogP contribution >= 0.6 is 15.9 Å². The van der Waals surface area contributed by atoms with Crippen molar-refractivity contribution in [2.45, 2.75) is 6.18 Å². The smallest absolute Gasteiger partial charge is 0.347 e. The van der Waals surface area contributed by atoms with Crippen LogP contribution in [0.3, 0.4) is 0 Å². The fourth-order valence-electron chi connectivity index (χ4n) is 1.41. The molecule has 0 aliphatic carbocycles. The molecular formula is C12H13BrF3N3O2. The van der Waals surface area contributed by atoms with Gasteiger partial charge in [-0.2, -0.15) is 13.2 Å². The number of amides is 2. The Bertz CT molecular complexity index is 535. The molecule has 0 aliphatic heterocycles. The minimum atomic E-state index is -4.61. The first kappa shape index (κ1) is 17.4. The summed E-state index contributed by atoms with van der Waals surface area (Å²) in [5.74, 6) is -1.57. The Hall–Kier alpha value is -1.64. The maximum atomic E-state index is 12.6. The predicted octanol–water partition coefficient (Wildman–Crippen LogP) is 1.94. The molecule has 0 fully saturated rings. The highest BCUT2D eigenvalue weighted by molar-refractivity contribution is 9.10. The Morgan fingerprint density at radius 1 is 1.33 bits per heavy atom. The maximum Gasteiger partial charge on any atom is 0.406 e. The van der Waals surface area contributed by atoms with Gasteiger partial charge in [0.2, 0.25) is 5.91 Å². The van der Waals surface area contributed by atoms with E-state index in [4.69, 9.17) is 0 Å². The van der Waals surface area contributed by atoms with Crippen molar-refractivity contribution in [1.82, 2.24) is 14.8 Å². The van der Waals surface area contributed by atoms with Crippen molar-refractivity contribution in [1.29, 1.82) is 0 Å². The molecule has 9 heteroatoms. The van der Waals surface area contributed by atoms with Gasteiger partial charge in [0.15, 0.2) is 0 Å². The van der Waals surface area contributed by atoms with Gasteiger partial charge in [-0.1, -0.05) is 0 Å². The van der Waals surface area contributed by atoms with Crippen LogP contribution in [0.15, 0.2) is 22.8 Å². The number of likely N-dealkylation sites (N-methyl/N-ethyl adjacent to an activating group) is 1. The molecular weight excluding hydrogens is 355 g/mol. The van der Waals surface area contributed by atoms with Gasteiger partial charge in [0.1, 0.15) is 18.8 Å². The largest absolute Gasteiger partial charge is 0.406 e. The highest BCUT2D eigenvalue weighted by Gasteiger charge is 2.35. The van der Waals surface area contributed by atoms with Crippen LogP contribution in [0.25, 0.3) is 0 Å². The van der Waals surface area contributed by atoms with Gasteiger partial charge in [-0.25, -0.2) is 4.98 Å². The number of aromatic nitrogens is 1. The second-order valence-electron chi connectivity index (χ2n) is 4.40. The molecule has 5 nitrogen and oxygen atoms in total. The molecule has 0 aliphatic rings. The number of alkyl halides is 3. The Labute approximate surface area is 127 Å². The second-order valence-corrected chi connectivity index (χ2v) is 5.25. The lowest BCUT2D eigenvalue weighted by Gasteiger charge is -2.24. The van der Waals surface area contributed by atoms with Gasteiger partial charge < -0.3 is 9.80 Å². The molecule has 0 atom stereocenters. The van der Waals surface area contributed by atoms with Gasteiger partial charge in [-0.05, 0) is 28.1 Å². The molecule has 1 aromatic heterocycles. The van der Waals surface area contributed by atoms with E-state index >= 15 is 0 Å². The third kappa shape index (κ3) is 5.33. The fraction of sp³-hybridized carbons (Fsp3) is 0.417. The van der Waals surface area contributed by atoms with Crippen molar-refractivity contribution < 1.29 is 22.8 Å². The highest BCUT2D eigenvalue weighted by atomic mass is 79.9. The molecule has 21 heavy (non-hydrogen) atoms. The van der Waals surface area contributed by atoms with E-state index < -0.39 is 31.1 Å². The molecule has 1 rings (SSSR count). The normalized spacial score (nSPS) is 11.1. The maximum absolute atomic E-state index is 12.6. The Balaban J connectivity index is 3.03. The average Bonchev–Trinajstić information content (AvgIpc) is 2.36. The van der Waals surface area contributed by atoms with Gasteiger partial charge in [0.05, 0.1) is 0 Å². The number of halogens is 4. The fourth-order valence-corrected chi connectivity index (χ4v) is 1.84. The van der Waals surface area contributed by atoms with Crippen molar-refractivity contribution in [3.05, 3.63) is 28.5 Å². The van der Waals surface area contributed by atoms with E-state index in [1.54, 1.807) is 0 Å². The van der Waals surface area contributed by atoms with Crippen molar-refractivity contribution >= 4 is 27.7 Å². The molecule has 0 radical (unpaired) electrons. The molecule has 116 valence electrons. The zero-order valence-corrected chi connectivity index (χ0v) is 12.9. The van der Waals surface area contributed by atoms with Crippen LogP contribution in [0.1, 0.15) is 10.5 Å². The molecule has 2 amide bonds. The van der Waals surface area contributed by atoms with Crippen LogP contribution in [0.4, 0.5) is 13.2 Å². The van der Waals surface area contributed by atoms with Crippen LogP contribution in [0.2, 0.25) is 0 Å². The van der Waals surface area contributed by atoms with E-state index in [-0.39, 0.29) is 10.2 Å². The quantitative estimate of drug-likeness (QED) is 0.816. The summed E-state index contributed by atoms with van der Waals surface area (Å²) in [6, 6.07) is 3.01. The molecule has 0 bridgehead atoms.